The number of nitrogens with zero attached hydrogens (tertiary/aromatic N) is 3. The number of fused-ring (bicyclic) bond motifs is 1. The molecule has 0 amide bonds. The molecule has 0 saturated heterocycles. The SMILES string of the molecule is COc1cc(C2=NNC(c3ccncc3)=Nc3ccc(F)cc32)ccc1OCc1ccccc1. The highest BCUT2D eigenvalue weighted by molar-refractivity contribution is 6.18. The number of rotatable bonds is 6. The van der Waals surface area contributed by atoms with Crippen LogP contribution in [0.3, 0.4) is 0 Å². The molecule has 2 heterocycles. The average molecular weight is 452 g/mol. The van der Waals surface area contributed by atoms with E-state index in [0.29, 0.717) is 40.9 Å². The van der Waals surface area contributed by atoms with Gasteiger partial charge in [0.1, 0.15) is 18.1 Å². The number of aliphatic imine (C=N–C) groups is 1. The highest BCUT2D eigenvalue weighted by Gasteiger charge is 2.19. The Bertz CT molecular complexity index is 1370. The zero-order chi connectivity index (χ0) is 23.3. The van der Waals surface area contributed by atoms with Gasteiger partial charge < -0.3 is 9.47 Å². The highest BCUT2D eigenvalue weighted by atomic mass is 19.1. The Morgan fingerprint density at radius 3 is 2.47 bits per heavy atom. The summed E-state index contributed by atoms with van der Waals surface area (Å²) in [6.45, 7) is 0.413. The second-order valence-corrected chi connectivity index (χ2v) is 7.57. The summed E-state index contributed by atoms with van der Waals surface area (Å²) in [6.07, 6.45) is 3.36. The van der Waals surface area contributed by atoms with Gasteiger partial charge in [0.15, 0.2) is 17.3 Å². The molecule has 0 aliphatic carbocycles. The maximum Gasteiger partial charge on any atom is 0.161 e. The lowest BCUT2D eigenvalue weighted by molar-refractivity contribution is 0.284. The van der Waals surface area contributed by atoms with Crippen LogP contribution in [0, 0.1) is 5.82 Å². The van der Waals surface area contributed by atoms with E-state index in [-0.39, 0.29) is 5.82 Å². The van der Waals surface area contributed by atoms with Crippen molar-refractivity contribution in [2.24, 2.45) is 10.1 Å². The molecule has 6 nitrogen and oxygen atoms in total. The van der Waals surface area contributed by atoms with Crippen LogP contribution in [0.25, 0.3) is 0 Å². The quantitative estimate of drug-likeness (QED) is 0.434. The average Bonchev–Trinajstić information content (AvgIpc) is 3.08. The molecule has 1 N–H and O–H groups in total. The molecule has 0 unspecified atom stereocenters. The molecular weight excluding hydrogens is 431 g/mol. The first kappa shape index (κ1) is 21.3. The van der Waals surface area contributed by atoms with Crippen molar-refractivity contribution in [2.75, 3.05) is 7.11 Å². The molecule has 4 aromatic rings. The van der Waals surface area contributed by atoms with Crippen molar-refractivity contribution >= 4 is 17.2 Å². The molecule has 0 fully saturated rings. The zero-order valence-corrected chi connectivity index (χ0v) is 18.4. The van der Waals surface area contributed by atoms with Gasteiger partial charge >= 0.3 is 0 Å². The predicted molar refractivity (Wildman–Crippen MR) is 129 cm³/mol. The lowest BCUT2D eigenvalue weighted by Crippen LogP contribution is -2.19. The number of methoxy groups -OCH3 is 1. The van der Waals surface area contributed by atoms with Gasteiger partial charge in [-0.2, -0.15) is 5.10 Å². The minimum absolute atomic E-state index is 0.371. The number of nitrogens with one attached hydrogen (secondary N) is 1. The Labute approximate surface area is 196 Å². The standard InChI is InChI=1S/C27H21FN4O2/c1-33-25-15-20(7-10-24(25)34-17-18-5-3-2-4-6-18)26-22-16-21(28)8-9-23(22)30-27(32-31-26)19-11-13-29-14-12-19/h2-16H,17H2,1H3,(H,30,32). The molecule has 168 valence electrons. The van der Waals surface area contributed by atoms with E-state index in [1.807, 2.05) is 60.7 Å². The Morgan fingerprint density at radius 1 is 0.853 bits per heavy atom. The van der Waals surface area contributed by atoms with Crippen molar-refractivity contribution in [1.82, 2.24) is 10.4 Å². The van der Waals surface area contributed by atoms with Crippen LogP contribution >= 0.6 is 0 Å². The van der Waals surface area contributed by atoms with Crippen LogP contribution in [0.2, 0.25) is 0 Å². The second-order valence-electron chi connectivity index (χ2n) is 7.57. The van der Waals surface area contributed by atoms with E-state index in [1.165, 1.54) is 12.1 Å². The van der Waals surface area contributed by atoms with Crippen molar-refractivity contribution in [2.45, 2.75) is 6.61 Å². The molecular formula is C27H21FN4O2. The van der Waals surface area contributed by atoms with Gasteiger partial charge in [-0.15, -0.1) is 0 Å². The Kier molecular flexibility index (Phi) is 5.99. The van der Waals surface area contributed by atoms with E-state index < -0.39 is 0 Å². The predicted octanol–water partition coefficient (Wildman–Crippen LogP) is 5.24. The highest BCUT2D eigenvalue weighted by Crippen LogP contribution is 2.32. The molecule has 0 radical (unpaired) electrons. The third-order valence-corrected chi connectivity index (χ3v) is 5.35. The maximum atomic E-state index is 14.2. The van der Waals surface area contributed by atoms with Gasteiger partial charge in [0.25, 0.3) is 0 Å². The first-order valence-corrected chi connectivity index (χ1v) is 10.7. The van der Waals surface area contributed by atoms with Gasteiger partial charge in [0.05, 0.1) is 12.8 Å². The number of halogens is 1. The van der Waals surface area contributed by atoms with Crippen molar-refractivity contribution in [3.8, 4) is 11.5 Å². The van der Waals surface area contributed by atoms with E-state index in [0.717, 1.165) is 16.7 Å². The van der Waals surface area contributed by atoms with E-state index in [4.69, 9.17) is 9.47 Å². The smallest absolute Gasteiger partial charge is 0.161 e. The van der Waals surface area contributed by atoms with Crippen molar-refractivity contribution in [1.29, 1.82) is 0 Å². The largest absolute Gasteiger partial charge is 0.493 e. The molecule has 1 aliphatic rings. The summed E-state index contributed by atoms with van der Waals surface area (Å²) in [5, 5.41) is 4.58. The number of hydrazone groups is 1. The number of amidine groups is 1. The monoisotopic (exact) mass is 452 g/mol. The number of hydrogen-bond acceptors (Lipinski definition) is 6. The van der Waals surface area contributed by atoms with Gasteiger partial charge in [0.2, 0.25) is 0 Å². The van der Waals surface area contributed by atoms with Gasteiger partial charge in [-0.25, -0.2) is 9.38 Å². The van der Waals surface area contributed by atoms with Crippen molar-refractivity contribution < 1.29 is 13.9 Å². The molecule has 7 heteroatoms. The van der Waals surface area contributed by atoms with Crippen LogP contribution in [-0.4, -0.2) is 23.6 Å². The molecule has 0 bridgehead atoms. The minimum Gasteiger partial charge on any atom is -0.493 e. The second kappa shape index (κ2) is 9.54. The minimum atomic E-state index is -0.371. The van der Waals surface area contributed by atoms with Gasteiger partial charge in [-0.05, 0) is 54.1 Å². The van der Waals surface area contributed by atoms with Crippen LogP contribution in [0.4, 0.5) is 10.1 Å². The fourth-order valence-corrected chi connectivity index (χ4v) is 3.64. The van der Waals surface area contributed by atoms with Gasteiger partial charge in [-0.3, -0.25) is 10.4 Å². The van der Waals surface area contributed by atoms with Gasteiger partial charge in [-0.1, -0.05) is 30.3 Å². The summed E-state index contributed by atoms with van der Waals surface area (Å²) in [6, 6.07) is 23.5. The molecule has 0 atom stereocenters. The third kappa shape index (κ3) is 4.49. The molecule has 5 rings (SSSR count). The Morgan fingerprint density at radius 2 is 1.68 bits per heavy atom. The first-order chi connectivity index (χ1) is 16.7. The van der Waals surface area contributed by atoms with Crippen LogP contribution in [-0.2, 0) is 6.61 Å². The molecule has 1 aromatic heterocycles. The fraction of sp³-hybridized carbons (Fsp3) is 0.0741. The third-order valence-electron chi connectivity index (χ3n) is 5.35. The normalized spacial score (nSPS) is 12.5. The van der Waals surface area contributed by atoms with Crippen molar-refractivity contribution in [3.63, 3.8) is 0 Å². The number of aromatic nitrogens is 1. The molecule has 3 aromatic carbocycles. The summed E-state index contributed by atoms with van der Waals surface area (Å²) in [7, 11) is 1.58. The summed E-state index contributed by atoms with van der Waals surface area (Å²) in [4.78, 5) is 8.74. The lowest BCUT2D eigenvalue weighted by Gasteiger charge is -2.14. The summed E-state index contributed by atoms with van der Waals surface area (Å²) >= 11 is 0. The molecule has 0 saturated carbocycles. The molecule has 1 aliphatic heterocycles. The molecule has 34 heavy (non-hydrogen) atoms. The number of ether oxygens (including phenoxy) is 2. The van der Waals surface area contributed by atoms with Crippen LogP contribution in [0.15, 0.2) is 101 Å². The molecule has 0 spiro atoms. The van der Waals surface area contributed by atoms with Crippen LogP contribution in [0.5, 0.6) is 11.5 Å². The van der Waals surface area contributed by atoms with Crippen molar-refractivity contribution in [3.05, 3.63) is 119 Å². The maximum absolute atomic E-state index is 14.2. The van der Waals surface area contributed by atoms with Gasteiger partial charge in [0, 0.05) is 29.1 Å². The summed E-state index contributed by atoms with van der Waals surface area (Å²) in [5.41, 5.74) is 7.33. The lowest BCUT2D eigenvalue weighted by atomic mass is 10.00. The van der Waals surface area contributed by atoms with E-state index in [1.54, 1.807) is 25.6 Å². The first-order valence-electron chi connectivity index (χ1n) is 10.7. The van der Waals surface area contributed by atoms with E-state index >= 15 is 0 Å². The Balaban J connectivity index is 1.50. The Hall–Kier alpha value is -4.52. The van der Waals surface area contributed by atoms with E-state index in [2.05, 4.69) is 20.5 Å². The number of benzene rings is 3. The van der Waals surface area contributed by atoms with Crippen LogP contribution < -0.4 is 14.9 Å². The topological polar surface area (TPSA) is 68.1 Å². The number of hydrogen-bond donors (Lipinski definition) is 1. The summed E-state index contributed by atoms with van der Waals surface area (Å²) < 4.78 is 25.8. The number of pyridine rings is 1. The summed E-state index contributed by atoms with van der Waals surface area (Å²) in [5.74, 6) is 1.32. The zero-order valence-electron chi connectivity index (χ0n) is 18.4. The fourth-order valence-electron chi connectivity index (χ4n) is 3.64. The van der Waals surface area contributed by atoms with Crippen LogP contribution in [0.1, 0.15) is 22.3 Å². The van der Waals surface area contributed by atoms with E-state index in [9.17, 15) is 4.39 Å².